The second-order valence-electron chi connectivity index (χ2n) is 4.99. The summed E-state index contributed by atoms with van der Waals surface area (Å²) in [6.45, 7) is 3.67. The van der Waals surface area contributed by atoms with E-state index in [-0.39, 0.29) is 30.2 Å². The van der Waals surface area contributed by atoms with E-state index >= 15 is 0 Å². The van der Waals surface area contributed by atoms with Crippen molar-refractivity contribution >= 4 is 23.4 Å². The first kappa shape index (κ1) is 14.0. The molecule has 1 aliphatic rings. The Bertz CT molecular complexity index is 554. The van der Waals surface area contributed by atoms with Gasteiger partial charge in [-0.05, 0) is 26.0 Å². The number of carbonyl (C=O) groups is 3. The van der Waals surface area contributed by atoms with E-state index < -0.39 is 6.04 Å². The van der Waals surface area contributed by atoms with Crippen molar-refractivity contribution in [2.45, 2.75) is 32.4 Å². The lowest BCUT2D eigenvalue weighted by atomic mass is 10.1. The normalized spacial score (nSPS) is 17.9. The second kappa shape index (κ2) is 5.73. The summed E-state index contributed by atoms with van der Waals surface area (Å²) in [5.41, 5.74) is 0.856. The molecule has 6 nitrogen and oxygen atoms in total. The lowest BCUT2D eigenvalue weighted by Crippen LogP contribution is -2.45. The van der Waals surface area contributed by atoms with Gasteiger partial charge in [-0.25, -0.2) is 0 Å². The van der Waals surface area contributed by atoms with Crippen molar-refractivity contribution in [3.8, 4) is 0 Å². The average Bonchev–Trinajstić information content (AvgIpc) is 2.47. The third-order valence-corrected chi connectivity index (χ3v) is 2.89. The SMILES string of the molecule is CC(C)NC(=O)CC1NC(=O)c2ccccc2NC1=O. The van der Waals surface area contributed by atoms with Gasteiger partial charge >= 0.3 is 0 Å². The van der Waals surface area contributed by atoms with Crippen LogP contribution < -0.4 is 16.0 Å². The molecular formula is C14H17N3O3. The van der Waals surface area contributed by atoms with Crippen LogP contribution in [0.4, 0.5) is 5.69 Å². The molecule has 1 atom stereocenters. The minimum Gasteiger partial charge on any atom is -0.354 e. The maximum atomic E-state index is 12.0. The molecule has 106 valence electrons. The minimum absolute atomic E-state index is 0.00996. The van der Waals surface area contributed by atoms with E-state index in [0.29, 0.717) is 11.3 Å². The van der Waals surface area contributed by atoms with Gasteiger partial charge in [0.25, 0.3) is 5.91 Å². The lowest BCUT2D eigenvalue weighted by Gasteiger charge is -2.15. The van der Waals surface area contributed by atoms with Crippen LogP contribution in [0.2, 0.25) is 0 Å². The van der Waals surface area contributed by atoms with Gasteiger partial charge in [0, 0.05) is 6.04 Å². The molecule has 1 heterocycles. The van der Waals surface area contributed by atoms with Crippen LogP contribution in [0.15, 0.2) is 24.3 Å². The molecule has 1 aromatic carbocycles. The van der Waals surface area contributed by atoms with E-state index in [1.165, 1.54) is 0 Å². The van der Waals surface area contributed by atoms with Gasteiger partial charge in [-0.1, -0.05) is 12.1 Å². The predicted molar refractivity (Wildman–Crippen MR) is 74.2 cm³/mol. The van der Waals surface area contributed by atoms with Gasteiger partial charge < -0.3 is 16.0 Å². The molecule has 0 saturated heterocycles. The van der Waals surface area contributed by atoms with Crippen molar-refractivity contribution in [2.24, 2.45) is 0 Å². The highest BCUT2D eigenvalue weighted by Gasteiger charge is 2.29. The molecule has 0 spiro atoms. The topological polar surface area (TPSA) is 87.3 Å². The zero-order valence-electron chi connectivity index (χ0n) is 11.4. The maximum absolute atomic E-state index is 12.0. The molecule has 0 saturated carbocycles. The smallest absolute Gasteiger partial charge is 0.254 e. The van der Waals surface area contributed by atoms with Crippen LogP contribution in [-0.2, 0) is 9.59 Å². The van der Waals surface area contributed by atoms with Crippen LogP contribution in [0.1, 0.15) is 30.6 Å². The Hall–Kier alpha value is -2.37. The lowest BCUT2D eigenvalue weighted by molar-refractivity contribution is -0.126. The van der Waals surface area contributed by atoms with Crippen molar-refractivity contribution < 1.29 is 14.4 Å². The van der Waals surface area contributed by atoms with Gasteiger partial charge in [0.2, 0.25) is 11.8 Å². The predicted octanol–water partition coefficient (Wildman–Crippen LogP) is 0.652. The fourth-order valence-electron chi connectivity index (χ4n) is 2.02. The van der Waals surface area contributed by atoms with Gasteiger partial charge in [0.05, 0.1) is 17.7 Å². The van der Waals surface area contributed by atoms with E-state index in [0.717, 1.165) is 0 Å². The Labute approximate surface area is 116 Å². The second-order valence-corrected chi connectivity index (χ2v) is 4.99. The van der Waals surface area contributed by atoms with Crippen molar-refractivity contribution in [2.75, 3.05) is 5.32 Å². The largest absolute Gasteiger partial charge is 0.354 e. The number of benzene rings is 1. The standard InChI is InChI=1S/C14H17N3O3/c1-8(2)15-12(18)7-11-14(20)16-10-6-4-3-5-9(10)13(19)17-11/h3-6,8,11H,7H2,1-2H3,(H,15,18)(H,16,20)(H,17,19). The maximum Gasteiger partial charge on any atom is 0.254 e. The first-order valence-corrected chi connectivity index (χ1v) is 6.47. The number of para-hydroxylation sites is 1. The summed E-state index contributed by atoms with van der Waals surface area (Å²) >= 11 is 0. The zero-order valence-corrected chi connectivity index (χ0v) is 11.4. The number of anilines is 1. The third kappa shape index (κ3) is 3.14. The Balaban J connectivity index is 2.13. The van der Waals surface area contributed by atoms with E-state index in [2.05, 4.69) is 16.0 Å². The quantitative estimate of drug-likeness (QED) is 0.757. The highest BCUT2D eigenvalue weighted by atomic mass is 16.2. The highest BCUT2D eigenvalue weighted by molar-refractivity contribution is 6.10. The average molecular weight is 275 g/mol. The molecular weight excluding hydrogens is 258 g/mol. The Morgan fingerprint density at radius 1 is 1.30 bits per heavy atom. The summed E-state index contributed by atoms with van der Waals surface area (Å²) in [7, 11) is 0. The molecule has 0 aromatic heterocycles. The van der Waals surface area contributed by atoms with Gasteiger partial charge in [-0.3, -0.25) is 14.4 Å². The van der Waals surface area contributed by atoms with Crippen LogP contribution in [0, 0.1) is 0 Å². The van der Waals surface area contributed by atoms with Crippen LogP contribution in [0.5, 0.6) is 0 Å². The number of nitrogens with one attached hydrogen (secondary N) is 3. The number of amides is 3. The summed E-state index contributed by atoms with van der Waals surface area (Å²) in [4.78, 5) is 35.8. The number of hydrogen-bond acceptors (Lipinski definition) is 3. The highest BCUT2D eigenvalue weighted by Crippen LogP contribution is 2.18. The van der Waals surface area contributed by atoms with Crippen LogP contribution in [0.3, 0.4) is 0 Å². The van der Waals surface area contributed by atoms with Crippen LogP contribution >= 0.6 is 0 Å². The van der Waals surface area contributed by atoms with Crippen molar-refractivity contribution in [3.05, 3.63) is 29.8 Å². The molecule has 2 rings (SSSR count). The molecule has 3 N–H and O–H groups in total. The Morgan fingerprint density at radius 2 is 2.00 bits per heavy atom. The van der Waals surface area contributed by atoms with E-state index in [1.54, 1.807) is 24.3 Å². The van der Waals surface area contributed by atoms with Crippen molar-refractivity contribution in [1.29, 1.82) is 0 Å². The zero-order chi connectivity index (χ0) is 14.7. The van der Waals surface area contributed by atoms with Gasteiger partial charge in [0.1, 0.15) is 6.04 Å². The summed E-state index contributed by atoms with van der Waals surface area (Å²) in [5.74, 6) is -1.02. The molecule has 1 aromatic rings. The molecule has 1 aliphatic heterocycles. The first-order chi connectivity index (χ1) is 9.47. The fraction of sp³-hybridized carbons (Fsp3) is 0.357. The molecule has 3 amide bonds. The van der Waals surface area contributed by atoms with Gasteiger partial charge in [-0.15, -0.1) is 0 Å². The van der Waals surface area contributed by atoms with E-state index in [4.69, 9.17) is 0 Å². The monoisotopic (exact) mass is 275 g/mol. The summed E-state index contributed by atoms with van der Waals surface area (Å²) in [6.07, 6.45) is -0.0796. The Kier molecular flexibility index (Phi) is 4.02. The van der Waals surface area contributed by atoms with E-state index in [9.17, 15) is 14.4 Å². The van der Waals surface area contributed by atoms with Gasteiger partial charge in [0.15, 0.2) is 0 Å². The summed E-state index contributed by atoms with van der Waals surface area (Å²) in [6, 6.07) is 5.86. The van der Waals surface area contributed by atoms with Crippen molar-refractivity contribution in [1.82, 2.24) is 10.6 Å². The van der Waals surface area contributed by atoms with E-state index in [1.807, 2.05) is 13.8 Å². The van der Waals surface area contributed by atoms with Gasteiger partial charge in [-0.2, -0.15) is 0 Å². The van der Waals surface area contributed by atoms with Crippen LogP contribution in [0.25, 0.3) is 0 Å². The summed E-state index contributed by atoms with van der Waals surface area (Å²) in [5, 5.41) is 7.93. The molecule has 0 radical (unpaired) electrons. The molecule has 0 aliphatic carbocycles. The number of fused-ring (bicyclic) bond motifs is 1. The third-order valence-electron chi connectivity index (χ3n) is 2.89. The molecule has 0 fully saturated rings. The molecule has 6 heteroatoms. The summed E-state index contributed by atoms with van der Waals surface area (Å²) < 4.78 is 0. The molecule has 1 unspecified atom stereocenters. The van der Waals surface area contributed by atoms with Crippen LogP contribution in [-0.4, -0.2) is 29.8 Å². The number of hydrogen-bond donors (Lipinski definition) is 3. The van der Waals surface area contributed by atoms with Crippen molar-refractivity contribution in [3.63, 3.8) is 0 Å². The first-order valence-electron chi connectivity index (χ1n) is 6.47. The molecule has 0 bridgehead atoms. The fourth-order valence-corrected chi connectivity index (χ4v) is 2.02. The number of rotatable bonds is 3. The molecule has 20 heavy (non-hydrogen) atoms. The number of carbonyl (C=O) groups excluding carboxylic acids is 3. The minimum atomic E-state index is -0.867. The Morgan fingerprint density at radius 3 is 2.70 bits per heavy atom.